The zero-order valence-corrected chi connectivity index (χ0v) is 15.7. The number of thioether (sulfide) groups is 1. The molecule has 0 fully saturated rings. The maximum Gasteiger partial charge on any atom is 0.417 e. The molecule has 0 bridgehead atoms. The third-order valence-corrected chi connectivity index (χ3v) is 5.25. The summed E-state index contributed by atoms with van der Waals surface area (Å²) in [6.45, 7) is 2.07. The quantitative estimate of drug-likeness (QED) is 0.704. The molecule has 0 spiro atoms. The molecular formula is C18H15ClF3NO3S. The first-order chi connectivity index (χ1) is 12.7. The summed E-state index contributed by atoms with van der Waals surface area (Å²) in [6.07, 6.45) is -4.54. The number of alkyl halides is 3. The van der Waals surface area contributed by atoms with Crippen molar-refractivity contribution in [3.63, 3.8) is 0 Å². The zero-order valence-electron chi connectivity index (χ0n) is 14.1. The Kier molecular flexibility index (Phi) is 5.76. The molecular weight excluding hydrogens is 403 g/mol. The minimum absolute atomic E-state index is 0.166. The first-order valence-electron chi connectivity index (χ1n) is 7.93. The summed E-state index contributed by atoms with van der Waals surface area (Å²) in [4.78, 5) is 12.6. The average molecular weight is 418 g/mol. The monoisotopic (exact) mass is 417 g/mol. The number of benzene rings is 2. The Bertz CT molecular complexity index is 860. The van der Waals surface area contributed by atoms with Gasteiger partial charge < -0.3 is 14.8 Å². The smallest absolute Gasteiger partial charge is 0.417 e. The molecule has 1 aliphatic heterocycles. The van der Waals surface area contributed by atoms with Crippen LogP contribution in [0.3, 0.4) is 0 Å². The van der Waals surface area contributed by atoms with E-state index in [2.05, 4.69) is 5.32 Å². The van der Waals surface area contributed by atoms with Crippen LogP contribution in [-0.2, 0) is 17.5 Å². The largest absolute Gasteiger partial charge is 0.454 e. The lowest BCUT2D eigenvalue weighted by Gasteiger charge is -2.14. The fraction of sp³-hybridized carbons (Fsp3) is 0.278. The SMILES string of the molecule is CC(Sc1ccc(Cl)c(C(F)(F)F)c1)C(=O)NCc1ccc2c(c1)OCO2. The molecule has 3 rings (SSSR count). The van der Waals surface area contributed by atoms with Crippen molar-refractivity contribution in [2.45, 2.75) is 29.8 Å². The average Bonchev–Trinajstić information content (AvgIpc) is 3.08. The first kappa shape index (κ1) is 19.7. The molecule has 4 nitrogen and oxygen atoms in total. The van der Waals surface area contributed by atoms with E-state index in [4.69, 9.17) is 21.1 Å². The molecule has 0 radical (unpaired) electrons. The number of rotatable bonds is 5. The topological polar surface area (TPSA) is 47.6 Å². The number of carbonyl (C=O) groups is 1. The summed E-state index contributed by atoms with van der Waals surface area (Å²) >= 11 is 6.64. The van der Waals surface area contributed by atoms with E-state index in [1.807, 2.05) is 0 Å². The Morgan fingerprint density at radius 1 is 1.22 bits per heavy atom. The number of amides is 1. The highest BCUT2D eigenvalue weighted by molar-refractivity contribution is 8.00. The van der Waals surface area contributed by atoms with Crippen molar-refractivity contribution >= 4 is 29.3 Å². The van der Waals surface area contributed by atoms with Gasteiger partial charge in [-0.15, -0.1) is 11.8 Å². The molecule has 1 N–H and O–H groups in total. The van der Waals surface area contributed by atoms with E-state index in [0.717, 1.165) is 23.4 Å². The molecule has 2 aromatic carbocycles. The highest BCUT2D eigenvalue weighted by Crippen LogP contribution is 2.38. The van der Waals surface area contributed by atoms with Crippen molar-refractivity contribution in [2.24, 2.45) is 0 Å². The maximum atomic E-state index is 12.9. The molecule has 1 unspecified atom stereocenters. The van der Waals surface area contributed by atoms with Gasteiger partial charge in [-0.05, 0) is 42.8 Å². The van der Waals surface area contributed by atoms with Gasteiger partial charge in [0.05, 0.1) is 15.8 Å². The molecule has 0 saturated carbocycles. The number of fused-ring (bicyclic) bond motifs is 1. The van der Waals surface area contributed by atoms with Crippen LogP contribution in [0.25, 0.3) is 0 Å². The van der Waals surface area contributed by atoms with Gasteiger partial charge in [-0.1, -0.05) is 17.7 Å². The van der Waals surface area contributed by atoms with Crippen LogP contribution in [0.1, 0.15) is 18.1 Å². The molecule has 1 aliphatic rings. The molecule has 1 atom stereocenters. The van der Waals surface area contributed by atoms with E-state index in [0.29, 0.717) is 16.4 Å². The van der Waals surface area contributed by atoms with E-state index >= 15 is 0 Å². The Morgan fingerprint density at radius 2 is 1.96 bits per heavy atom. The Labute approximate surface area is 163 Å². The fourth-order valence-corrected chi connectivity index (χ4v) is 3.59. The van der Waals surface area contributed by atoms with Gasteiger partial charge in [-0.25, -0.2) is 0 Å². The molecule has 1 amide bonds. The van der Waals surface area contributed by atoms with E-state index in [9.17, 15) is 18.0 Å². The van der Waals surface area contributed by atoms with E-state index < -0.39 is 17.0 Å². The van der Waals surface area contributed by atoms with E-state index in [-0.39, 0.29) is 24.3 Å². The summed E-state index contributed by atoms with van der Waals surface area (Å²) in [7, 11) is 0. The second kappa shape index (κ2) is 7.90. The highest BCUT2D eigenvalue weighted by atomic mass is 35.5. The lowest BCUT2D eigenvalue weighted by Crippen LogP contribution is -2.30. The van der Waals surface area contributed by atoms with Crippen molar-refractivity contribution in [1.29, 1.82) is 0 Å². The predicted molar refractivity (Wildman–Crippen MR) is 96.2 cm³/mol. The number of ether oxygens (including phenoxy) is 2. The number of carbonyl (C=O) groups excluding carboxylic acids is 1. The summed E-state index contributed by atoms with van der Waals surface area (Å²) in [5, 5.41) is 1.81. The van der Waals surface area contributed by atoms with Crippen LogP contribution in [0, 0.1) is 0 Å². The number of hydrogen-bond donors (Lipinski definition) is 1. The minimum atomic E-state index is -4.54. The maximum absolute atomic E-state index is 12.9. The molecule has 0 saturated heterocycles. The van der Waals surface area contributed by atoms with Crippen LogP contribution in [0.5, 0.6) is 11.5 Å². The zero-order chi connectivity index (χ0) is 19.6. The van der Waals surface area contributed by atoms with Gasteiger partial charge in [0.2, 0.25) is 12.7 Å². The van der Waals surface area contributed by atoms with Crippen LogP contribution in [0.4, 0.5) is 13.2 Å². The second-order valence-electron chi connectivity index (χ2n) is 5.80. The van der Waals surface area contributed by atoms with E-state index in [1.54, 1.807) is 25.1 Å². The molecule has 0 aliphatic carbocycles. The molecule has 9 heteroatoms. The van der Waals surface area contributed by atoms with Crippen LogP contribution in [-0.4, -0.2) is 18.0 Å². The Morgan fingerprint density at radius 3 is 2.70 bits per heavy atom. The van der Waals surface area contributed by atoms with Crippen molar-refractivity contribution < 1.29 is 27.4 Å². The number of halogens is 4. The third kappa shape index (κ3) is 4.81. The lowest BCUT2D eigenvalue weighted by molar-refractivity contribution is -0.137. The van der Waals surface area contributed by atoms with Crippen LogP contribution in [0.2, 0.25) is 5.02 Å². The minimum Gasteiger partial charge on any atom is -0.454 e. The Balaban J connectivity index is 1.59. The van der Waals surface area contributed by atoms with Crippen LogP contribution >= 0.6 is 23.4 Å². The Hall–Kier alpha value is -2.06. The van der Waals surface area contributed by atoms with Gasteiger partial charge >= 0.3 is 6.18 Å². The van der Waals surface area contributed by atoms with Crippen molar-refractivity contribution in [3.8, 4) is 11.5 Å². The number of hydrogen-bond acceptors (Lipinski definition) is 4. The van der Waals surface area contributed by atoms with Gasteiger partial charge in [-0.3, -0.25) is 4.79 Å². The van der Waals surface area contributed by atoms with Gasteiger partial charge in [0.25, 0.3) is 0 Å². The molecule has 144 valence electrons. The van der Waals surface area contributed by atoms with Gasteiger partial charge in [-0.2, -0.15) is 13.2 Å². The normalized spacial score (nSPS) is 14.1. The highest BCUT2D eigenvalue weighted by Gasteiger charge is 2.33. The fourth-order valence-electron chi connectivity index (χ4n) is 2.44. The van der Waals surface area contributed by atoms with Crippen molar-refractivity contribution in [3.05, 3.63) is 52.5 Å². The second-order valence-corrected chi connectivity index (χ2v) is 7.63. The van der Waals surface area contributed by atoms with E-state index in [1.165, 1.54) is 12.1 Å². The third-order valence-electron chi connectivity index (χ3n) is 3.83. The van der Waals surface area contributed by atoms with Crippen molar-refractivity contribution in [1.82, 2.24) is 5.32 Å². The van der Waals surface area contributed by atoms with Gasteiger partial charge in [0, 0.05) is 11.4 Å². The predicted octanol–water partition coefficient (Wildman–Crippen LogP) is 4.88. The van der Waals surface area contributed by atoms with Gasteiger partial charge in [0.15, 0.2) is 11.5 Å². The van der Waals surface area contributed by atoms with Crippen LogP contribution in [0.15, 0.2) is 41.3 Å². The molecule has 27 heavy (non-hydrogen) atoms. The van der Waals surface area contributed by atoms with Crippen molar-refractivity contribution in [2.75, 3.05) is 6.79 Å². The lowest BCUT2D eigenvalue weighted by atomic mass is 10.2. The first-order valence-corrected chi connectivity index (χ1v) is 9.19. The van der Waals surface area contributed by atoms with Gasteiger partial charge in [0.1, 0.15) is 0 Å². The standard InChI is InChI=1S/C18H15ClF3NO3S/c1-10(27-12-3-4-14(19)13(7-12)18(20,21)22)17(24)23-8-11-2-5-15-16(6-11)26-9-25-15/h2-7,10H,8-9H2,1H3,(H,23,24). The molecule has 2 aromatic rings. The number of nitrogens with one attached hydrogen (secondary N) is 1. The molecule has 1 heterocycles. The summed E-state index contributed by atoms with van der Waals surface area (Å²) in [6, 6.07) is 8.94. The summed E-state index contributed by atoms with van der Waals surface area (Å²) in [5.41, 5.74) is -0.0854. The summed E-state index contributed by atoms with van der Waals surface area (Å²) in [5.74, 6) is 0.975. The van der Waals surface area contributed by atoms with Crippen LogP contribution < -0.4 is 14.8 Å². The summed E-state index contributed by atoms with van der Waals surface area (Å²) < 4.78 is 49.3. The molecule has 0 aromatic heterocycles.